The van der Waals surface area contributed by atoms with Gasteiger partial charge in [-0.1, -0.05) is 0 Å². The van der Waals surface area contributed by atoms with Crippen molar-refractivity contribution in [3.63, 3.8) is 0 Å². The second-order valence-electron chi connectivity index (χ2n) is 5.68. The van der Waals surface area contributed by atoms with Crippen LogP contribution in [-0.2, 0) is 21.1 Å². The van der Waals surface area contributed by atoms with Crippen molar-refractivity contribution in [2.75, 3.05) is 42.3 Å². The molecule has 0 saturated carbocycles. The van der Waals surface area contributed by atoms with E-state index in [9.17, 15) is 0 Å². The topological polar surface area (TPSA) is 9.72 Å². The van der Waals surface area contributed by atoms with Crippen LogP contribution in [0.3, 0.4) is 0 Å². The van der Waals surface area contributed by atoms with Crippen LogP contribution in [0.25, 0.3) is 0 Å². The van der Waals surface area contributed by atoms with Gasteiger partial charge in [0.05, 0.1) is 0 Å². The summed E-state index contributed by atoms with van der Waals surface area (Å²) in [6.07, 6.45) is 8.32. The molecule has 0 aromatic carbocycles. The molecule has 0 heterocycles. The molecular formula is C14H29N3Zr. The normalized spacial score (nSPS) is 16.8. The fraction of sp³-hybridized carbons (Fsp3) is 0.714. The molecule has 0 spiro atoms. The first-order chi connectivity index (χ1) is 8.38. The number of nitrogens with zero attached hydrogens (tertiary/aromatic N) is 3. The predicted molar refractivity (Wildman–Crippen MR) is 76.8 cm³/mol. The summed E-state index contributed by atoms with van der Waals surface area (Å²) in [4.78, 5) is 0. The van der Waals surface area contributed by atoms with E-state index in [4.69, 9.17) is 0 Å². The van der Waals surface area contributed by atoms with Crippen LogP contribution in [0.2, 0.25) is 0 Å². The molecule has 0 radical (unpaired) electrons. The van der Waals surface area contributed by atoms with Crippen LogP contribution in [0.1, 0.15) is 26.2 Å². The fourth-order valence-corrected chi connectivity index (χ4v) is 15.8. The fourth-order valence-electron chi connectivity index (χ4n) is 3.42. The van der Waals surface area contributed by atoms with E-state index in [1.807, 2.05) is 0 Å². The standard InChI is InChI=1S/C8H11.3C2H6N.Zr/c1-2-5-8-6-3-4-7-8;3*1-3-2;/h3,6H,2,4-5H2,1H3;3*1-2H3;/q;3*-1;+3. The van der Waals surface area contributed by atoms with Gasteiger partial charge >= 0.3 is 119 Å². The van der Waals surface area contributed by atoms with E-state index in [0.717, 1.165) is 6.42 Å². The van der Waals surface area contributed by atoms with Crippen LogP contribution in [-0.4, -0.2) is 50.8 Å². The van der Waals surface area contributed by atoms with Crippen molar-refractivity contribution in [1.29, 1.82) is 0 Å². The Hall–Kier alpha value is 0.243. The van der Waals surface area contributed by atoms with Gasteiger partial charge in [0, 0.05) is 0 Å². The van der Waals surface area contributed by atoms with Crippen molar-refractivity contribution >= 4 is 0 Å². The third kappa shape index (κ3) is 2.72. The van der Waals surface area contributed by atoms with Crippen molar-refractivity contribution in [1.82, 2.24) is 8.53 Å². The molecule has 1 aliphatic rings. The number of rotatable bonds is 6. The summed E-state index contributed by atoms with van der Waals surface area (Å²) in [5.41, 5.74) is 1.60. The average molecular weight is 331 g/mol. The van der Waals surface area contributed by atoms with E-state index >= 15 is 0 Å². The Morgan fingerprint density at radius 1 is 1.00 bits per heavy atom. The Morgan fingerprint density at radius 2 is 1.50 bits per heavy atom. The average Bonchev–Trinajstić information content (AvgIpc) is 2.66. The van der Waals surface area contributed by atoms with Crippen LogP contribution >= 0.6 is 0 Å². The van der Waals surface area contributed by atoms with E-state index in [1.165, 1.54) is 12.8 Å². The molecule has 1 rings (SSSR count). The Kier molecular flexibility index (Phi) is 5.98. The first-order valence-electron chi connectivity index (χ1n) is 6.80. The van der Waals surface area contributed by atoms with Gasteiger partial charge < -0.3 is 0 Å². The summed E-state index contributed by atoms with van der Waals surface area (Å²) in [7, 11) is 13.5. The molecule has 104 valence electrons. The zero-order chi connectivity index (χ0) is 13.9. The summed E-state index contributed by atoms with van der Waals surface area (Å²) in [5, 5.41) is 0. The van der Waals surface area contributed by atoms with Gasteiger partial charge in [0.15, 0.2) is 0 Å². The number of hydrogen-bond acceptors (Lipinski definition) is 3. The maximum atomic E-state index is 2.52. The van der Waals surface area contributed by atoms with E-state index in [0.29, 0.717) is 0 Å². The third-order valence-corrected chi connectivity index (χ3v) is 16.3. The molecule has 0 atom stereocenters. The third-order valence-electron chi connectivity index (χ3n) is 3.82. The van der Waals surface area contributed by atoms with Gasteiger partial charge in [-0.2, -0.15) is 0 Å². The molecule has 0 aromatic rings. The molecule has 0 aromatic heterocycles. The summed E-state index contributed by atoms with van der Waals surface area (Å²) < 4.78 is 9.29. The Labute approximate surface area is 119 Å². The van der Waals surface area contributed by atoms with Crippen molar-refractivity contribution in [2.45, 2.75) is 26.2 Å². The van der Waals surface area contributed by atoms with Gasteiger partial charge in [0.2, 0.25) is 0 Å². The minimum absolute atomic E-state index is 1.15. The molecule has 4 heteroatoms. The van der Waals surface area contributed by atoms with Gasteiger partial charge in [0.1, 0.15) is 0 Å². The van der Waals surface area contributed by atoms with Crippen LogP contribution in [0, 0.1) is 0 Å². The second-order valence-corrected chi connectivity index (χ2v) is 16.9. The van der Waals surface area contributed by atoms with Crippen molar-refractivity contribution in [2.24, 2.45) is 0 Å². The molecule has 0 saturated heterocycles. The van der Waals surface area contributed by atoms with Crippen molar-refractivity contribution < 1.29 is 21.1 Å². The van der Waals surface area contributed by atoms with Gasteiger partial charge in [-0.25, -0.2) is 0 Å². The van der Waals surface area contributed by atoms with E-state index in [1.54, 1.807) is 8.85 Å². The molecule has 0 bridgehead atoms. The van der Waals surface area contributed by atoms with Crippen LogP contribution in [0.15, 0.2) is 21.0 Å². The summed E-state index contributed by atoms with van der Waals surface area (Å²) in [6.45, 7) is 2.27. The first-order valence-corrected chi connectivity index (χ1v) is 11.3. The zero-order valence-corrected chi connectivity index (χ0v) is 15.6. The van der Waals surface area contributed by atoms with Crippen molar-refractivity contribution in [3.05, 3.63) is 21.0 Å². The minimum atomic E-state index is -2.77. The zero-order valence-electron chi connectivity index (χ0n) is 13.1. The number of hydrogen-bond donors (Lipinski definition) is 0. The van der Waals surface area contributed by atoms with Crippen LogP contribution < -0.4 is 0 Å². The molecule has 0 amide bonds. The van der Waals surface area contributed by atoms with E-state index in [-0.39, 0.29) is 0 Å². The van der Waals surface area contributed by atoms with Gasteiger partial charge in [-0.3, -0.25) is 0 Å². The molecule has 3 nitrogen and oxygen atoms in total. The van der Waals surface area contributed by atoms with Crippen molar-refractivity contribution in [3.8, 4) is 0 Å². The Morgan fingerprint density at radius 3 is 1.89 bits per heavy atom. The molecule has 18 heavy (non-hydrogen) atoms. The molecule has 0 aliphatic heterocycles. The number of allylic oxidation sites excluding steroid dienone is 4. The Bertz CT molecular complexity index is 321. The van der Waals surface area contributed by atoms with E-state index in [2.05, 4.69) is 69.9 Å². The molecule has 0 fully saturated rings. The van der Waals surface area contributed by atoms with Crippen LogP contribution in [0.5, 0.6) is 0 Å². The quantitative estimate of drug-likeness (QED) is 0.741. The molecular weight excluding hydrogens is 301 g/mol. The molecule has 1 aliphatic carbocycles. The van der Waals surface area contributed by atoms with E-state index < -0.39 is 21.1 Å². The summed E-state index contributed by atoms with van der Waals surface area (Å²) in [5.74, 6) is 0. The van der Waals surface area contributed by atoms with Gasteiger partial charge in [-0.05, 0) is 0 Å². The first kappa shape index (κ1) is 16.3. The maximum absolute atomic E-state index is 2.77. The summed E-state index contributed by atoms with van der Waals surface area (Å²) >= 11 is -2.77. The monoisotopic (exact) mass is 329 g/mol. The molecule has 0 N–H and O–H groups in total. The summed E-state index contributed by atoms with van der Waals surface area (Å²) in [6, 6.07) is 0. The predicted octanol–water partition coefficient (Wildman–Crippen LogP) is 2.58. The Balaban J connectivity index is 3.31. The molecule has 0 unspecified atom stereocenters. The van der Waals surface area contributed by atoms with Crippen LogP contribution in [0.4, 0.5) is 0 Å². The second kappa shape index (κ2) is 6.61. The van der Waals surface area contributed by atoms with Gasteiger partial charge in [0.25, 0.3) is 0 Å². The SMILES string of the molecule is CCCC1=[C]([Zr]([N](C)C)([N](C)C)[N](C)C)CC=C1. The van der Waals surface area contributed by atoms with Gasteiger partial charge in [-0.15, -0.1) is 0 Å².